The van der Waals surface area contributed by atoms with Crippen molar-refractivity contribution in [2.75, 3.05) is 13.1 Å². The quantitative estimate of drug-likeness (QED) is 0.866. The minimum atomic E-state index is -3.61. The van der Waals surface area contributed by atoms with Crippen molar-refractivity contribution in [3.63, 3.8) is 0 Å². The molecular weight excluding hydrogens is 318 g/mol. The van der Waals surface area contributed by atoms with Gasteiger partial charge in [0.25, 0.3) is 5.56 Å². The molecule has 0 atom stereocenters. The molecule has 0 radical (unpaired) electrons. The van der Waals surface area contributed by atoms with Gasteiger partial charge in [-0.2, -0.15) is 4.31 Å². The molecule has 0 bridgehead atoms. The highest BCUT2D eigenvalue weighted by atomic mass is 32.2. The number of pyridine rings is 1. The summed E-state index contributed by atoms with van der Waals surface area (Å²) in [7, 11) is -3.61. The van der Waals surface area contributed by atoms with E-state index >= 15 is 0 Å². The first-order valence-corrected chi connectivity index (χ1v) is 9.05. The second kappa shape index (κ2) is 6.45. The third-order valence-electron chi connectivity index (χ3n) is 3.49. The van der Waals surface area contributed by atoms with Gasteiger partial charge >= 0.3 is 0 Å². The van der Waals surface area contributed by atoms with Gasteiger partial charge in [-0.3, -0.25) is 9.59 Å². The van der Waals surface area contributed by atoms with Crippen LogP contribution in [-0.2, 0) is 21.4 Å². The van der Waals surface area contributed by atoms with Crippen LogP contribution in [0.3, 0.4) is 0 Å². The third kappa shape index (κ3) is 4.42. The molecule has 1 fully saturated rings. The molecular formula is C15H23N3O4S. The molecule has 0 aromatic carbocycles. The largest absolute Gasteiger partial charge is 0.350 e. The van der Waals surface area contributed by atoms with Gasteiger partial charge in [-0.25, -0.2) is 8.42 Å². The molecule has 7 nitrogen and oxygen atoms in total. The van der Waals surface area contributed by atoms with Gasteiger partial charge in [-0.1, -0.05) is 0 Å². The van der Waals surface area contributed by atoms with Crippen molar-refractivity contribution in [3.8, 4) is 0 Å². The van der Waals surface area contributed by atoms with E-state index in [4.69, 9.17) is 0 Å². The Labute approximate surface area is 136 Å². The average molecular weight is 341 g/mol. The Bertz CT molecular complexity index is 741. The van der Waals surface area contributed by atoms with Crippen LogP contribution in [0.15, 0.2) is 28.0 Å². The van der Waals surface area contributed by atoms with E-state index in [2.05, 4.69) is 5.32 Å². The highest BCUT2D eigenvalue weighted by molar-refractivity contribution is 7.89. The molecule has 0 aliphatic carbocycles. The molecule has 2 rings (SSSR count). The van der Waals surface area contributed by atoms with Crippen molar-refractivity contribution >= 4 is 15.9 Å². The van der Waals surface area contributed by atoms with Gasteiger partial charge in [0.2, 0.25) is 15.9 Å². The topological polar surface area (TPSA) is 88.5 Å². The van der Waals surface area contributed by atoms with Crippen molar-refractivity contribution in [1.29, 1.82) is 0 Å². The number of carbonyl (C=O) groups is 1. The first-order chi connectivity index (χ1) is 10.6. The van der Waals surface area contributed by atoms with Crippen LogP contribution in [0.1, 0.15) is 33.6 Å². The summed E-state index contributed by atoms with van der Waals surface area (Å²) in [5.74, 6) is -0.338. The zero-order chi connectivity index (χ0) is 17.3. The van der Waals surface area contributed by atoms with Gasteiger partial charge < -0.3 is 9.88 Å². The molecule has 1 amide bonds. The Kier molecular flexibility index (Phi) is 4.95. The van der Waals surface area contributed by atoms with Crippen LogP contribution in [0.25, 0.3) is 0 Å². The molecule has 1 aromatic rings. The molecule has 0 unspecified atom stereocenters. The fourth-order valence-corrected chi connectivity index (χ4v) is 4.01. The molecule has 1 aliphatic rings. The maximum absolute atomic E-state index is 12.5. The predicted molar refractivity (Wildman–Crippen MR) is 86.6 cm³/mol. The standard InChI is InChI=1S/C15H23N3O4S/c1-15(2,3)16-13(19)11-17-10-12(6-7-14(17)20)23(21,22)18-8-4-5-9-18/h6-7,10H,4-5,8-9,11H2,1-3H3,(H,16,19). The molecule has 2 heterocycles. The fourth-order valence-electron chi connectivity index (χ4n) is 2.48. The van der Waals surface area contributed by atoms with Gasteiger partial charge in [0, 0.05) is 30.9 Å². The number of amides is 1. The number of nitrogens with zero attached hydrogens (tertiary/aromatic N) is 2. The van der Waals surface area contributed by atoms with Crippen molar-refractivity contribution in [1.82, 2.24) is 14.2 Å². The SMILES string of the molecule is CC(C)(C)NC(=O)Cn1cc(S(=O)(=O)N2CCCC2)ccc1=O. The van der Waals surface area contributed by atoms with Crippen LogP contribution in [0.5, 0.6) is 0 Å². The van der Waals surface area contributed by atoms with Crippen LogP contribution in [0.2, 0.25) is 0 Å². The lowest BCUT2D eigenvalue weighted by molar-refractivity contribution is -0.123. The number of hydrogen-bond acceptors (Lipinski definition) is 4. The summed E-state index contributed by atoms with van der Waals surface area (Å²) < 4.78 is 27.6. The van der Waals surface area contributed by atoms with E-state index in [1.54, 1.807) is 0 Å². The smallest absolute Gasteiger partial charge is 0.251 e. The van der Waals surface area contributed by atoms with Crippen LogP contribution < -0.4 is 10.9 Å². The second-order valence-corrected chi connectivity index (χ2v) is 8.68. The summed E-state index contributed by atoms with van der Waals surface area (Å²) in [5.41, 5.74) is -0.825. The Balaban J connectivity index is 2.25. The molecule has 1 aromatic heterocycles. The van der Waals surface area contributed by atoms with Crippen molar-refractivity contribution in [2.45, 2.75) is 50.6 Å². The molecule has 1 saturated heterocycles. The van der Waals surface area contributed by atoms with E-state index in [-0.39, 0.29) is 17.3 Å². The predicted octanol–water partition coefficient (Wildman–Crippen LogP) is 0.548. The lowest BCUT2D eigenvalue weighted by atomic mass is 10.1. The molecule has 1 aliphatic heterocycles. The Hall–Kier alpha value is -1.67. The molecule has 23 heavy (non-hydrogen) atoms. The fraction of sp³-hybridized carbons (Fsp3) is 0.600. The lowest BCUT2D eigenvalue weighted by Crippen LogP contribution is -2.43. The summed E-state index contributed by atoms with van der Waals surface area (Å²) in [6, 6.07) is 2.49. The van der Waals surface area contributed by atoms with Gasteiger partial charge in [-0.05, 0) is 39.7 Å². The van der Waals surface area contributed by atoms with Gasteiger partial charge in [0.15, 0.2) is 0 Å². The average Bonchev–Trinajstić information content (AvgIpc) is 2.93. The Morgan fingerprint density at radius 2 is 1.83 bits per heavy atom. The number of hydrogen-bond donors (Lipinski definition) is 1. The van der Waals surface area contributed by atoms with Crippen molar-refractivity contribution in [3.05, 3.63) is 28.7 Å². The number of sulfonamides is 1. The normalized spacial score (nSPS) is 16.5. The number of carbonyl (C=O) groups excluding carboxylic acids is 1. The maximum Gasteiger partial charge on any atom is 0.251 e. The third-order valence-corrected chi connectivity index (χ3v) is 5.37. The molecule has 0 spiro atoms. The summed E-state index contributed by atoms with van der Waals surface area (Å²) >= 11 is 0. The van der Waals surface area contributed by atoms with E-state index < -0.39 is 21.1 Å². The zero-order valence-corrected chi connectivity index (χ0v) is 14.5. The molecule has 1 N–H and O–H groups in total. The van der Waals surface area contributed by atoms with Gasteiger partial charge in [-0.15, -0.1) is 0 Å². The van der Waals surface area contributed by atoms with Gasteiger partial charge in [0.05, 0.1) is 4.90 Å². The monoisotopic (exact) mass is 341 g/mol. The summed E-state index contributed by atoms with van der Waals surface area (Å²) in [4.78, 5) is 23.9. The van der Waals surface area contributed by atoms with E-state index in [9.17, 15) is 18.0 Å². The second-order valence-electron chi connectivity index (χ2n) is 6.74. The minimum Gasteiger partial charge on any atom is -0.350 e. The first kappa shape index (κ1) is 17.7. The van der Waals surface area contributed by atoms with Crippen LogP contribution >= 0.6 is 0 Å². The van der Waals surface area contributed by atoms with Gasteiger partial charge in [0.1, 0.15) is 6.54 Å². The van der Waals surface area contributed by atoms with Crippen molar-refractivity contribution < 1.29 is 13.2 Å². The van der Waals surface area contributed by atoms with Crippen LogP contribution in [0.4, 0.5) is 0 Å². The van der Waals surface area contributed by atoms with Crippen LogP contribution in [0, 0.1) is 0 Å². The maximum atomic E-state index is 12.5. The highest BCUT2D eigenvalue weighted by Gasteiger charge is 2.27. The zero-order valence-electron chi connectivity index (χ0n) is 13.7. The molecule has 8 heteroatoms. The van der Waals surface area contributed by atoms with E-state index in [0.29, 0.717) is 13.1 Å². The van der Waals surface area contributed by atoms with E-state index in [0.717, 1.165) is 17.4 Å². The number of rotatable bonds is 4. The highest BCUT2D eigenvalue weighted by Crippen LogP contribution is 2.19. The minimum absolute atomic E-state index is 0.0440. The Morgan fingerprint density at radius 1 is 1.22 bits per heavy atom. The number of nitrogens with one attached hydrogen (secondary N) is 1. The van der Waals surface area contributed by atoms with Crippen LogP contribution in [-0.4, -0.2) is 41.8 Å². The number of aromatic nitrogens is 1. The van der Waals surface area contributed by atoms with E-state index in [1.165, 1.54) is 22.6 Å². The molecule has 128 valence electrons. The first-order valence-electron chi connectivity index (χ1n) is 7.61. The summed E-state index contributed by atoms with van der Waals surface area (Å²) in [6.45, 7) is 6.28. The lowest BCUT2D eigenvalue weighted by Gasteiger charge is -2.21. The Morgan fingerprint density at radius 3 is 2.39 bits per heavy atom. The molecule has 0 saturated carbocycles. The van der Waals surface area contributed by atoms with E-state index in [1.807, 2.05) is 20.8 Å². The summed E-state index contributed by atoms with van der Waals surface area (Å²) in [5, 5.41) is 2.75. The summed E-state index contributed by atoms with van der Waals surface area (Å²) in [6.07, 6.45) is 2.93. The van der Waals surface area contributed by atoms with Crippen molar-refractivity contribution in [2.24, 2.45) is 0 Å².